The maximum atomic E-state index is 12.8. The van der Waals surface area contributed by atoms with Gasteiger partial charge >= 0.3 is 6.18 Å². The molecule has 1 aromatic rings. The number of nitrogen functional groups attached to an aromatic ring is 1. The van der Waals surface area contributed by atoms with Gasteiger partial charge in [-0.15, -0.1) is 0 Å². The molecule has 0 bridgehead atoms. The standard InChI is InChI=1S/C14H19F3N4/c1-13(2)5-7-21(8-6-13)12-9(11(18)19)3-4-10(20-12)14(15,16)17/h3-4H,5-8H2,1-2H3,(H3,18,19). The quantitative estimate of drug-likeness (QED) is 0.652. The van der Waals surface area contributed by atoms with Gasteiger partial charge in [0.05, 0.1) is 5.56 Å². The lowest BCUT2D eigenvalue weighted by Crippen LogP contribution is -2.39. The van der Waals surface area contributed by atoms with Crippen molar-refractivity contribution >= 4 is 11.7 Å². The topological polar surface area (TPSA) is 66.0 Å². The summed E-state index contributed by atoms with van der Waals surface area (Å²) in [6, 6.07) is 2.10. The van der Waals surface area contributed by atoms with E-state index in [0.29, 0.717) is 13.1 Å². The molecule has 0 radical (unpaired) electrons. The normalized spacial score (nSPS) is 18.6. The molecule has 7 heteroatoms. The minimum Gasteiger partial charge on any atom is -0.384 e. The average Bonchev–Trinajstić information content (AvgIpc) is 2.37. The molecule has 21 heavy (non-hydrogen) atoms. The number of nitrogens with zero attached hydrogens (tertiary/aromatic N) is 2. The number of anilines is 1. The monoisotopic (exact) mass is 300 g/mol. The Morgan fingerprint density at radius 1 is 1.29 bits per heavy atom. The Kier molecular flexibility index (Phi) is 3.86. The number of halogens is 3. The molecule has 1 aromatic heterocycles. The van der Waals surface area contributed by atoms with Crippen LogP contribution in [-0.2, 0) is 6.18 Å². The predicted molar refractivity (Wildman–Crippen MR) is 75.5 cm³/mol. The summed E-state index contributed by atoms with van der Waals surface area (Å²) in [5.74, 6) is -0.108. The molecule has 3 N–H and O–H groups in total. The second kappa shape index (κ2) is 5.20. The fourth-order valence-electron chi connectivity index (χ4n) is 2.38. The van der Waals surface area contributed by atoms with Gasteiger partial charge in [-0.1, -0.05) is 13.8 Å². The largest absolute Gasteiger partial charge is 0.433 e. The van der Waals surface area contributed by atoms with E-state index in [0.717, 1.165) is 18.9 Å². The molecule has 0 aliphatic carbocycles. The third-order valence-corrected chi connectivity index (χ3v) is 3.87. The van der Waals surface area contributed by atoms with E-state index in [4.69, 9.17) is 11.1 Å². The van der Waals surface area contributed by atoms with Gasteiger partial charge in [-0.25, -0.2) is 4.98 Å². The van der Waals surface area contributed by atoms with Gasteiger partial charge in [0.1, 0.15) is 17.3 Å². The van der Waals surface area contributed by atoms with Crippen molar-refractivity contribution in [2.24, 2.45) is 11.1 Å². The molecule has 2 heterocycles. The van der Waals surface area contributed by atoms with Crippen LogP contribution in [0, 0.1) is 10.8 Å². The van der Waals surface area contributed by atoms with Crippen LogP contribution in [0.15, 0.2) is 12.1 Å². The first-order valence-electron chi connectivity index (χ1n) is 6.78. The first kappa shape index (κ1) is 15.6. The van der Waals surface area contributed by atoms with Gasteiger partial charge in [0.25, 0.3) is 0 Å². The Bertz CT molecular complexity index is 542. The number of rotatable bonds is 2. The summed E-state index contributed by atoms with van der Waals surface area (Å²) in [6.07, 6.45) is -2.77. The summed E-state index contributed by atoms with van der Waals surface area (Å²) >= 11 is 0. The van der Waals surface area contributed by atoms with Gasteiger partial charge in [-0.05, 0) is 30.4 Å². The summed E-state index contributed by atoms with van der Waals surface area (Å²) < 4.78 is 38.5. The van der Waals surface area contributed by atoms with Gasteiger partial charge in [0.15, 0.2) is 0 Å². The third kappa shape index (κ3) is 3.46. The number of aromatic nitrogens is 1. The Morgan fingerprint density at radius 2 is 1.86 bits per heavy atom. The van der Waals surface area contributed by atoms with E-state index in [1.807, 2.05) is 0 Å². The van der Waals surface area contributed by atoms with E-state index in [-0.39, 0.29) is 22.6 Å². The van der Waals surface area contributed by atoms with Crippen LogP contribution in [0.3, 0.4) is 0 Å². The minimum atomic E-state index is -4.50. The number of piperidine rings is 1. The van der Waals surface area contributed by atoms with Crippen molar-refractivity contribution in [2.45, 2.75) is 32.9 Å². The van der Waals surface area contributed by atoms with Crippen molar-refractivity contribution in [3.05, 3.63) is 23.4 Å². The number of hydrogen-bond acceptors (Lipinski definition) is 3. The van der Waals surface area contributed by atoms with Crippen molar-refractivity contribution in [3.63, 3.8) is 0 Å². The molecule has 0 saturated carbocycles. The second-order valence-corrected chi connectivity index (χ2v) is 6.13. The highest BCUT2D eigenvalue weighted by Crippen LogP contribution is 2.35. The molecule has 0 amide bonds. The molecule has 0 spiro atoms. The first-order chi connectivity index (χ1) is 9.60. The zero-order valence-corrected chi connectivity index (χ0v) is 12.1. The van der Waals surface area contributed by atoms with E-state index in [1.165, 1.54) is 6.07 Å². The number of amidine groups is 1. The number of nitrogens with two attached hydrogens (primary N) is 1. The maximum Gasteiger partial charge on any atom is 0.433 e. The lowest BCUT2D eigenvalue weighted by molar-refractivity contribution is -0.141. The van der Waals surface area contributed by atoms with Gasteiger partial charge < -0.3 is 10.6 Å². The molecule has 1 saturated heterocycles. The fourth-order valence-corrected chi connectivity index (χ4v) is 2.38. The fraction of sp³-hybridized carbons (Fsp3) is 0.571. The molecule has 1 fully saturated rings. The van der Waals surface area contributed by atoms with Gasteiger partial charge in [-0.3, -0.25) is 5.41 Å². The van der Waals surface area contributed by atoms with Crippen molar-refractivity contribution in [1.82, 2.24) is 4.98 Å². The van der Waals surface area contributed by atoms with Gasteiger partial charge in [0, 0.05) is 13.1 Å². The van der Waals surface area contributed by atoms with Crippen LogP contribution in [0.1, 0.15) is 37.9 Å². The average molecular weight is 300 g/mol. The molecule has 0 aromatic carbocycles. The number of pyridine rings is 1. The van der Waals surface area contributed by atoms with Gasteiger partial charge in [0.2, 0.25) is 0 Å². The zero-order valence-electron chi connectivity index (χ0n) is 12.1. The highest BCUT2D eigenvalue weighted by molar-refractivity contribution is 5.99. The lowest BCUT2D eigenvalue weighted by Gasteiger charge is -2.38. The van der Waals surface area contributed by atoms with Gasteiger partial charge in [-0.2, -0.15) is 13.2 Å². The third-order valence-electron chi connectivity index (χ3n) is 3.87. The van der Waals surface area contributed by atoms with Crippen LogP contribution in [-0.4, -0.2) is 23.9 Å². The van der Waals surface area contributed by atoms with E-state index < -0.39 is 11.9 Å². The molecule has 0 atom stereocenters. The molecular formula is C14H19F3N4. The molecule has 1 aliphatic heterocycles. The Hall–Kier alpha value is -1.79. The van der Waals surface area contributed by atoms with E-state index >= 15 is 0 Å². The maximum absolute atomic E-state index is 12.8. The SMILES string of the molecule is CC1(C)CCN(c2nc(C(F)(F)F)ccc2C(=N)N)CC1. The summed E-state index contributed by atoms with van der Waals surface area (Å²) in [5, 5.41) is 7.53. The second-order valence-electron chi connectivity index (χ2n) is 6.13. The van der Waals surface area contributed by atoms with Crippen LogP contribution in [0.4, 0.5) is 19.0 Å². The molecule has 1 aliphatic rings. The number of hydrogen-bond donors (Lipinski definition) is 2. The van der Waals surface area contributed by atoms with Crippen LogP contribution in [0.5, 0.6) is 0 Å². The molecule has 2 rings (SSSR count). The summed E-state index contributed by atoms with van der Waals surface area (Å²) in [4.78, 5) is 5.51. The van der Waals surface area contributed by atoms with E-state index in [1.54, 1.807) is 4.90 Å². The van der Waals surface area contributed by atoms with Crippen LogP contribution in [0.25, 0.3) is 0 Å². The van der Waals surface area contributed by atoms with Crippen molar-refractivity contribution < 1.29 is 13.2 Å². The van der Waals surface area contributed by atoms with Crippen LogP contribution >= 0.6 is 0 Å². The van der Waals surface area contributed by atoms with Crippen molar-refractivity contribution in [1.29, 1.82) is 5.41 Å². The summed E-state index contributed by atoms with van der Waals surface area (Å²) in [5.41, 5.74) is 4.95. The van der Waals surface area contributed by atoms with E-state index in [2.05, 4.69) is 18.8 Å². The molecule has 4 nitrogen and oxygen atoms in total. The summed E-state index contributed by atoms with van der Waals surface area (Å²) in [6.45, 7) is 5.49. The molecule has 116 valence electrons. The number of nitrogens with one attached hydrogen (secondary N) is 1. The first-order valence-corrected chi connectivity index (χ1v) is 6.78. The summed E-state index contributed by atoms with van der Waals surface area (Å²) in [7, 11) is 0. The molecular weight excluding hydrogens is 281 g/mol. The van der Waals surface area contributed by atoms with E-state index in [9.17, 15) is 13.2 Å². The molecule has 0 unspecified atom stereocenters. The Morgan fingerprint density at radius 3 is 2.33 bits per heavy atom. The van der Waals surface area contributed by atoms with Crippen molar-refractivity contribution in [2.75, 3.05) is 18.0 Å². The Balaban J connectivity index is 2.38. The highest BCUT2D eigenvalue weighted by atomic mass is 19.4. The van der Waals surface area contributed by atoms with Crippen molar-refractivity contribution in [3.8, 4) is 0 Å². The smallest absolute Gasteiger partial charge is 0.384 e. The Labute approximate surface area is 121 Å². The van der Waals surface area contributed by atoms with Crippen LogP contribution in [0.2, 0.25) is 0 Å². The highest BCUT2D eigenvalue weighted by Gasteiger charge is 2.35. The lowest BCUT2D eigenvalue weighted by atomic mass is 9.82. The predicted octanol–water partition coefficient (Wildman–Crippen LogP) is 3.01. The number of alkyl halides is 3. The zero-order chi connectivity index (χ0) is 15.8. The van der Waals surface area contributed by atoms with Crippen LogP contribution < -0.4 is 10.6 Å². The minimum absolute atomic E-state index is 0.160.